The predicted octanol–water partition coefficient (Wildman–Crippen LogP) is 2.96. The van der Waals surface area contributed by atoms with Crippen LogP contribution in [0.25, 0.3) is 0 Å². The normalized spacial score (nSPS) is 34.4. The van der Waals surface area contributed by atoms with Gasteiger partial charge in [0, 0.05) is 12.6 Å². The van der Waals surface area contributed by atoms with E-state index in [0.717, 1.165) is 18.3 Å². The molecule has 0 radical (unpaired) electrons. The molecule has 2 N–H and O–H groups in total. The molecular weight excluding hydrogens is 186 g/mol. The fraction of sp³-hybridized carbons (Fsp3) is 1.00. The third-order valence-corrected chi connectivity index (χ3v) is 4.07. The van der Waals surface area contributed by atoms with E-state index < -0.39 is 0 Å². The van der Waals surface area contributed by atoms with Gasteiger partial charge in [0.15, 0.2) is 0 Å². The van der Waals surface area contributed by atoms with Crippen molar-refractivity contribution < 1.29 is 4.74 Å². The van der Waals surface area contributed by atoms with Gasteiger partial charge in [-0.1, -0.05) is 13.8 Å². The fourth-order valence-corrected chi connectivity index (χ4v) is 2.74. The van der Waals surface area contributed by atoms with Gasteiger partial charge < -0.3 is 10.5 Å². The van der Waals surface area contributed by atoms with Crippen LogP contribution in [0.4, 0.5) is 0 Å². The first-order chi connectivity index (χ1) is 6.97. The molecule has 1 aliphatic rings. The van der Waals surface area contributed by atoms with Crippen LogP contribution < -0.4 is 5.73 Å². The van der Waals surface area contributed by atoms with Crippen molar-refractivity contribution >= 4 is 0 Å². The monoisotopic (exact) mass is 213 g/mol. The Morgan fingerprint density at radius 1 is 1.27 bits per heavy atom. The van der Waals surface area contributed by atoms with Gasteiger partial charge in [0.05, 0.1) is 6.10 Å². The molecule has 0 spiro atoms. The zero-order chi connectivity index (χ0) is 11.5. The van der Waals surface area contributed by atoms with Crippen molar-refractivity contribution in [2.45, 2.75) is 64.5 Å². The van der Waals surface area contributed by atoms with Crippen LogP contribution in [0.3, 0.4) is 0 Å². The zero-order valence-electron chi connectivity index (χ0n) is 10.8. The Balaban J connectivity index is 2.40. The molecule has 1 saturated carbocycles. The molecule has 0 aromatic carbocycles. The van der Waals surface area contributed by atoms with E-state index in [9.17, 15) is 0 Å². The Bertz CT molecular complexity index is 183. The Morgan fingerprint density at radius 3 is 2.20 bits per heavy atom. The average Bonchev–Trinajstić information content (AvgIpc) is 2.17. The Labute approximate surface area is 94.6 Å². The molecule has 2 heteroatoms. The van der Waals surface area contributed by atoms with E-state index in [4.69, 9.17) is 10.5 Å². The van der Waals surface area contributed by atoms with Crippen LogP contribution in [0.15, 0.2) is 0 Å². The maximum atomic E-state index is 6.42. The van der Waals surface area contributed by atoms with Crippen LogP contribution in [0.2, 0.25) is 0 Å². The van der Waals surface area contributed by atoms with Gasteiger partial charge in [-0.3, -0.25) is 0 Å². The van der Waals surface area contributed by atoms with Crippen molar-refractivity contribution in [2.24, 2.45) is 17.6 Å². The van der Waals surface area contributed by atoms with Crippen LogP contribution in [0.1, 0.15) is 52.9 Å². The summed E-state index contributed by atoms with van der Waals surface area (Å²) in [5.74, 6) is 1.70. The minimum atomic E-state index is 0.0425. The first-order valence-corrected chi connectivity index (χ1v) is 6.28. The van der Waals surface area contributed by atoms with Gasteiger partial charge in [0.2, 0.25) is 0 Å². The molecule has 1 rings (SSSR count). The third-order valence-electron chi connectivity index (χ3n) is 4.07. The van der Waals surface area contributed by atoms with E-state index in [1.165, 1.54) is 25.7 Å². The second kappa shape index (κ2) is 5.31. The summed E-state index contributed by atoms with van der Waals surface area (Å²) in [6, 6.07) is 0. The highest BCUT2D eigenvalue weighted by Crippen LogP contribution is 2.36. The molecule has 0 aromatic heterocycles. The molecule has 0 heterocycles. The quantitative estimate of drug-likeness (QED) is 0.779. The van der Waals surface area contributed by atoms with Crippen LogP contribution >= 0.6 is 0 Å². The van der Waals surface area contributed by atoms with Gasteiger partial charge in [0.25, 0.3) is 0 Å². The standard InChI is InChI=1S/C13H27NO/c1-10(2)12-5-7-13(14,8-6-12)9-11(3)15-4/h10-12H,5-9,14H2,1-4H3. The second-order valence-corrected chi connectivity index (χ2v) is 5.69. The average molecular weight is 213 g/mol. The van der Waals surface area contributed by atoms with Gasteiger partial charge in [-0.2, -0.15) is 0 Å². The van der Waals surface area contributed by atoms with Crippen molar-refractivity contribution in [2.75, 3.05) is 7.11 Å². The van der Waals surface area contributed by atoms with Crippen molar-refractivity contribution in [1.82, 2.24) is 0 Å². The number of rotatable bonds is 4. The summed E-state index contributed by atoms with van der Waals surface area (Å²) < 4.78 is 5.31. The van der Waals surface area contributed by atoms with Gasteiger partial charge in [-0.05, 0) is 50.9 Å². The summed E-state index contributed by atoms with van der Waals surface area (Å²) in [7, 11) is 1.77. The smallest absolute Gasteiger partial charge is 0.0560 e. The lowest BCUT2D eigenvalue weighted by Crippen LogP contribution is -2.46. The highest BCUT2D eigenvalue weighted by Gasteiger charge is 2.33. The maximum absolute atomic E-state index is 6.42. The molecule has 15 heavy (non-hydrogen) atoms. The minimum absolute atomic E-state index is 0.0425. The number of ether oxygens (including phenoxy) is 1. The highest BCUT2D eigenvalue weighted by molar-refractivity contribution is 4.91. The zero-order valence-corrected chi connectivity index (χ0v) is 10.8. The molecule has 1 unspecified atom stereocenters. The lowest BCUT2D eigenvalue weighted by molar-refractivity contribution is 0.0693. The van der Waals surface area contributed by atoms with Crippen LogP contribution in [-0.2, 0) is 4.74 Å². The van der Waals surface area contributed by atoms with E-state index in [0.29, 0.717) is 6.10 Å². The van der Waals surface area contributed by atoms with Crippen molar-refractivity contribution in [3.8, 4) is 0 Å². The van der Waals surface area contributed by atoms with Crippen molar-refractivity contribution in [3.63, 3.8) is 0 Å². The van der Waals surface area contributed by atoms with E-state index >= 15 is 0 Å². The Kier molecular flexibility index (Phi) is 4.60. The van der Waals surface area contributed by atoms with Crippen molar-refractivity contribution in [1.29, 1.82) is 0 Å². The second-order valence-electron chi connectivity index (χ2n) is 5.69. The number of nitrogens with two attached hydrogens (primary N) is 1. The molecule has 0 aromatic rings. The van der Waals surface area contributed by atoms with Crippen molar-refractivity contribution in [3.05, 3.63) is 0 Å². The summed E-state index contributed by atoms with van der Waals surface area (Å²) in [6.45, 7) is 6.76. The van der Waals surface area contributed by atoms with Crippen LogP contribution in [0, 0.1) is 11.8 Å². The van der Waals surface area contributed by atoms with Crippen LogP contribution in [0.5, 0.6) is 0 Å². The van der Waals surface area contributed by atoms with Gasteiger partial charge in [-0.15, -0.1) is 0 Å². The van der Waals surface area contributed by atoms with Crippen LogP contribution in [-0.4, -0.2) is 18.8 Å². The fourth-order valence-electron chi connectivity index (χ4n) is 2.74. The van der Waals surface area contributed by atoms with E-state index in [2.05, 4.69) is 20.8 Å². The molecule has 1 aliphatic carbocycles. The summed E-state index contributed by atoms with van der Waals surface area (Å²) in [4.78, 5) is 0. The molecule has 0 saturated heterocycles. The lowest BCUT2D eigenvalue weighted by atomic mass is 9.71. The summed E-state index contributed by atoms with van der Waals surface area (Å²) >= 11 is 0. The Morgan fingerprint density at radius 2 is 1.80 bits per heavy atom. The minimum Gasteiger partial charge on any atom is -0.382 e. The molecule has 0 amide bonds. The first-order valence-electron chi connectivity index (χ1n) is 6.28. The van der Waals surface area contributed by atoms with Gasteiger partial charge in [0.1, 0.15) is 0 Å². The predicted molar refractivity (Wildman–Crippen MR) is 64.8 cm³/mol. The van der Waals surface area contributed by atoms with Gasteiger partial charge in [-0.25, -0.2) is 0 Å². The molecule has 90 valence electrons. The topological polar surface area (TPSA) is 35.2 Å². The summed E-state index contributed by atoms with van der Waals surface area (Å²) in [5.41, 5.74) is 6.46. The Hall–Kier alpha value is -0.0800. The van der Waals surface area contributed by atoms with Gasteiger partial charge >= 0.3 is 0 Å². The molecule has 0 aliphatic heterocycles. The summed E-state index contributed by atoms with van der Waals surface area (Å²) in [5, 5.41) is 0. The van der Waals surface area contributed by atoms with E-state index in [1.807, 2.05) is 0 Å². The van der Waals surface area contributed by atoms with E-state index in [-0.39, 0.29) is 5.54 Å². The molecule has 2 nitrogen and oxygen atoms in total. The van der Waals surface area contributed by atoms with E-state index in [1.54, 1.807) is 7.11 Å². The number of hydrogen-bond donors (Lipinski definition) is 1. The summed E-state index contributed by atoms with van der Waals surface area (Å²) in [6.07, 6.45) is 6.24. The SMILES string of the molecule is COC(C)CC1(N)CCC(C(C)C)CC1. The maximum Gasteiger partial charge on any atom is 0.0560 e. The number of methoxy groups -OCH3 is 1. The largest absolute Gasteiger partial charge is 0.382 e. The molecule has 1 fully saturated rings. The first kappa shape index (κ1) is 13.0. The molecular formula is C13H27NO. The molecule has 1 atom stereocenters. The number of hydrogen-bond acceptors (Lipinski definition) is 2. The molecule has 0 bridgehead atoms. The third kappa shape index (κ3) is 3.76. The lowest BCUT2D eigenvalue weighted by Gasteiger charge is -2.39. The highest BCUT2D eigenvalue weighted by atomic mass is 16.5.